The Hall–Kier alpha value is -1.53. The van der Waals surface area contributed by atoms with Gasteiger partial charge >= 0.3 is 6.61 Å². The van der Waals surface area contributed by atoms with Gasteiger partial charge in [-0.2, -0.15) is 8.78 Å². The van der Waals surface area contributed by atoms with Gasteiger partial charge in [0.15, 0.2) is 0 Å². The molecule has 0 radical (unpaired) electrons. The molecule has 0 spiro atoms. The molecule has 6 heteroatoms. The number of para-hydroxylation sites is 1. The number of nitrogens with zero attached hydrogens (tertiary/aromatic N) is 1. The molecule has 0 aliphatic heterocycles. The second kappa shape index (κ2) is 6.58. The quantitative estimate of drug-likeness (QED) is 0.880. The Morgan fingerprint density at radius 2 is 2.16 bits per heavy atom. The molecule has 0 aliphatic rings. The monoisotopic (exact) mass is 284 g/mol. The predicted molar refractivity (Wildman–Crippen MR) is 70.4 cm³/mol. The first-order valence-electron chi connectivity index (χ1n) is 5.81. The number of hydrogen-bond donors (Lipinski definition) is 1. The Morgan fingerprint density at radius 3 is 2.84 bits per heavy atom. The standard InChI is InChI=1S/C13H14F2N2OS/c1-9(16-6-10-7-19-8-17-10)11-4-2-3-5-12(11)18-13(14)15/h2-5,7-9,13,16H,6H2,1H3. The molecule has 0 saturated heterocycles. The highest BCUT2D eigenvalue weighted by Crippen LogP contribution is 2.26. The molecule has 1 aromatic heterocycles. The zero-order chi connectivity index (χ0) is 13.7. The fraction of sp³-hybridized carbons (Fsp3) is 0.308. The maximum absolute atomic E-state index is 12.3. The molecule has 2 rings (SSSR count). The highest BCUT2D eigenvalue weighted by Gasteiger charge is 2.14. The van der Waals surface area contributed by atoms with Gasteiger partial charge in [-0.1, -0.05) is 18.2 Å². The van der Waals surface area contributed by atoms with Gasteiger partial charge in [-0.15, -0.1) is 11.3 Å². The van der Waals surface area contributed by atoms with Crippen molar-refractivity contribution in [1.82, 2.24) is 10.3 Å². The summed E-state index contributed by atoms with van der Waals surface area (Å²) in [6.45, 7) is -0.319. The topological polar surface area (TPSA) is 34.2 Å². The van der Waals surface area contributed by atoms with Gasteiger partial charge in [0.2, 0.25) is 0 Å². The second-order valence-electron chi connectivity index (χ2n) is 4.00. The summed E-state index contributed by atoms with van der Waals surface area (Å²) >= 11 is 1.52. The average molecular weight is 284 g/mol. The summed E-state index contributed by atoms with van der Waals surface area (Å²) in [6, 6.07) is 6.69. The average Bonchev–Trinajstić information content (AvgIpc) is 2.89. The van der Waals surface area contributed by atoms with E-state index in [0.29, 0.717) is 12.1 Å². The smallest absolute Gasteiger partial charge is 0.387 e. The summed E-state index contributed by atoms with van der Waals surface area (Å²) in [7, 11) is 0. The van der Waals surface area contributed by atoms with Crippen molar-refractivity contribution in [3.63, 3.8) is 0 Å². The molecular formula is C13H14F2N2OS. The highest BCUT2D eigenvalue weighted by molar-refractivity contribution is 7.07. The summed E-state index contributed by atoms with van der Waals surface area (Å²) in [5, 5.41) is 5.18. The zero-order valence-corrected chi connectivity index (χ0v) is 11.2. The molecule has 0 saturated carbocycles. The molecule has 0 aliphatic carbocycles. The van der Waals surface area contributed by atoms with Gasteiger partial charge in [0, 0.05) is 23.5 Å². The van der Waals surface area contributed by atoms with Crippen molar-refractivity contribution >= 4 is 11.3 Å². The number of hydrogen-bond acceptors (Lipinski definition) is 4. The van der Waals surface area contributed by atoms with Crippen LogP contribution in [0.5, 0.6) is 5.75 Å². The Labute approximate surface area is 114 Å². The predicted octanol–water partition coefficient (Wildman–Crippen LogP) is 3.60. The first kappa shape index (κ1) is 13.9. The van der Waals surface area contributed by atoms with Gasteiger partial charge in [0.1, 0.15) is 5.75 Å². The van der Waals surface area contributed by atoms with Crippen LogP contribution in [0.15, 0.2) is 35.2 Å². The van der Waals surface area contributed by atoms with Crippen LogP contribution in [0.2, 0.25) is 0 Å². The Morgan fingerprint density at radius 1 is 1.37 bits per heavy atom. The normalized spacial score (nSPS) is 12.6. The Bertz CT molecular complexity index is 505. The molecule has 0 amide bonds. The van der Waals surface area contributed by atoms with Gasteiger partial charge < -0.3 is 10.1 Å². The van der Waals surface area contributed by atoms with Crippen LogP contribution in [-0.2, 0) is 6.54 Å². The van der Waals surface area contributed by atoms with E-state index < -0.39 is 6.61 Å². The molecule has 1 heterocycles. The van der Waals surface area contributed by atoms with Gasteiger partial charge in [0.05, 0.1) is 11.2 Å². The van der Waals surface area contributed by atoms with E-state index in [1.165, 1.54) is 11.3 Å². The van der Waals surface area contributed by atoms with Gasteiger partial charge in [-0.05, 0) is 13.0 Å². The lowest BCUT2D eigenvalue weighted by Crippen LogP contribution is -2.19. The van der Waals surface area contributed by atoms with Crippen molar-refractivity contribution in [2.24, 2.45) is 0 Å². The zero-order valence-electron chi connectivity index (χ0n) is 10.3. The molecule has 0 bridgehead atoms. The van der Waals surface area contributed by atoms with Gasteiger partial charge in [-0.3, -0.25) is 0 Å². The third-order valence-electron chi connectivity index (χ3n) is 2.67. The number of rotatable bonds is 6. The van der Waals surface area contributed by atoms with Crippen molar-refractivity contribution in [1.29, 1.82) is 0 Å². The van der Waals surface area contributed by atoms with Crippen LogP contribution >= 0.6 is 11.3 Å². The summed E-state index contributed by atoms with van der Waals surface area (Å²) in [5.74, 6) is 0.204. The summed E-state index contributed by atoms with van der Waals surface area (Å²) in [4.78, 5) is 4.16. The lowest BCUT2D eigenvalue weighted by Gasteiger charge is -2.17. The Kier molecular flexibility index (Phi) is 4.81. The van der Waals surface area contributed by atoms with Crippen LogP contribution in [0.25, 0.3) is 0 Å². The van der Waals surface area contributed by atoms with E-state index in [-0.39, 0.29) is 11.8 Å². The molecule has 2 aromatic rings. The maximum atomic E-state index is 12.3. The number of ether oxygens (including phenoxy) is 1. The van der Waals surface area contributed by atoms with E-state index in [4.69, 9.17) is 0 Å². The second-order valence-corrected chi connectivity index (χ2v) is 4.72. The molecule has 1 unspecified atom stereocenters. The Balaban J connectivity index is 2.03. The summed E-state index contributed by atoms with van der Waals surface area (Å²) in [5.41, 5.74) is 3.40. The number of nitrogens with one attached hydrogen (secondary N) is 1. The molecule has 3 nitrogen and oxygen atoms in total. The maximum Gasteiger partial charge on any atom is 0.387 e. The van der Waals surface area contributed by atoms with Crippen LogP contribution in [-0.4, -0.2) is 11.6 Å². The number of aromatic nitrogens is 1. The van der Waals surface area contributed by atoms with Crippen LogP contribution in [0.1, 0.15) is 24.2 Å². The fourth-order valence-corrected chi connectivity index (χ4v) is 2.29. The minimum absolute atomic E-state index is 0.100. The van der Waals surface area contributed by atoms with Crippen molar-refractivity contribution in [2.75, 3.05) is 0 Å². The number of alkyl halides is 2. The third kappa shape index (κ3) is 3.97. The van der Waals surface area contributed by atoms with Crippen molar-refractivity contribution < 1.29 is 13.5 Å². The number of halogens is 2. The van der Waals surface area contributed by atoms with Crippen molar-refractivity contribution in [3.05, 3.63) is 46.4 Å². The van der Waals surface area contributed by atoms with Crippen LogP contribution in [0, 0.1) is 0 Å². The molecule has 102 valence electrons. The first-order chi connectivity index (χ1) is 9.16. The lowest BCUT2D eigenvalue weighted by molar-refractivity contribution is -0.0506. The van der Waals surface area contributed by atoms with Crippen LogP contribution < -0.4 is 10.1 Å². The van der Waals surface area contributed by atoms with E-state index in [1.54, 1.807) is 29.8 Å². The third-order valence-corrected chi connectivity index (χ3v) is 3.31. The first-order valence-corrected chi connectivity index (χ1v) is 6.75. The summed E-state index contributed by atoms with van der Waals surface area (Å²) in [6.07, 6.45) is 0. The van der Waals surface area contributed by atoms with Gasteiger partial charge in [-0.25, -0.2) is 4.98 Å². The van der Waals surface area contributed by atoms with E-state index >= 15 is 0 Å². The molecule has 0 fully saturated rings. The molecular weight excluding hydrogens is 270 g/mol. The summed E-state index contributed by atoms with van der Waals surface area (Å²) < 4.78 is 29.2. The number of thiazole rings is 1. The fourth-order valence-electron chi connectivity index (χ4n) is 1.73. The highest BCUT2D eigenvalue weighted by atomic mass is 32.1. The van der Waals surface area contributed by atoms with E-state index in [2.05, 4.69) is 15.0 Å². The van der Waals surface area contributed by atoms with Crippen LogP contribution in [0.3, 0.4) is 0 Å². The van der Waals surface area contributed by atoms with E-state index in [1.807, 2.05) is 12.3 Å². The van der Waals surface area contributed by atoms with Crippen molar-refractivity contribution in [3.8, 4) is 5.75 Å². The van der Waals surface area contributed by atoms with E-state index in [0.717, 1.165) is 5.69 Å². The van der Waals surface area contributed by atoms with Crippen LogP contribution in [0.4, 0.5) is 8.78 Å². The van der Waals surface area contributed by atoms with Crippen molar-refractivity contribution in [2.45, 2.75) is 26.1 Å². The lowest BCUT2D eigenvalue weighted by atomic mass is 10.1. The molecule has 1 aromatic carbocycles. The van der Waals surface area contributed by atoms with E-state index in [9.17, 15) is 8.78 Å². The molecule has 1 N–H and O–H groups in total. The number of benzene rings is 1. The molecule has 19 heavy (non-hydrogen) atoms. The minimum Gasteiger partial charge on any atom is -0.434 e. The van der Waals surface area contributed by atoms with Gasteiger partial charge in [0.25, 0.3) is 0 Å². The minimum atomic E-state index is -2.81. The SMILES string of the molecule is CC(NCc1cscn1)c1ccccc1OC(F)F. The largest absolute Gasteiger partial charge is 0.434 e. The molecule has 1 atom stereocenters.